The Labute approximate surface area is 142 Å². The summed E-state index contributed by atoms with van der Waals surface area (Å²) in [5, 5.41) is 0.186. The Bertz CT molecular complexity index is 980. The lowest BCUT2D eigenvalue weighted by Gasteiger charge is -2.31. The predicted molar refractivity (Wildman–Crippen MR) is 91.0 cm³/mol. The van der Waals surface area contributed by atoms with Gasteiger partial charge in [0.15, 0.2) is 0 Å². The Morgan fingerprint density at radius 2 is 2.20 bits per heavy atom. The van der Waals surface area contributed by atoms with Crippen molar-refractivity contribution in [2.75, 3.05) is 13.1 Å². The van der Waals surface area contributed by atoms with Gasteiger partial charge in [-0.2, -0.15) is 0 Å². The van der Waals surface area contributed by atoms with E-state index in [9.17, 15) is 14.0 Å². The van der Waals surface area contributed by atoms with Gasteiger partial charge in [-0.25, -0.2) is 9.37 Å². The molecule has 1 aromatic carbocycles. The van der Waals surface area contributed by atoms with Crippen molar-refractivity contribution in [1.82, 2.24) is 19.9 Å². The maximum atomic E-state index is 13.8. The van der Waals surface area contributed by atoms with Crippen molar-refractivity contribution < 1.29 is 9.18 Å². The van der Waals surface area contributed by atoms with Crippen LogP contribution in [0, 0.1) is 5.82 Å². The summed E-state index contributed by atoms with van der Waals surface area (Å²) in [6.07, 6.45) is 6.55. The minimum atomic E-state index is -0.510. The van der Waals surface area contributed by atoms with Gasteiger partial charge >= 0.3 is 0 Å². The number of H-pyrrole nitrogens is 2. The van der Waals surface area contributed by atoms with E-state index in [0.29, 0.717) is 13.1 Å². The van der Waals surface area contributed by atoms with Crippen molar-refractivity contribution in [2.24, 2.45) is 0 Å². The van der Waals surface area contributed by atoms with Crippen LogP contribution in [-0.2, 0) is 0 Å². The first-order chi connectivity index (χ1) is 12.1. The highest BCUT2D eigenvalue weighted by Crippen LogP contribution is 2.25. The van der Waals surface area contributed by atoms with Crippen molar-refractivity contribution in [2.45, 2.75) is 18.8 Å². The van der Waals surface area contributed by atoms with Crippen LogP contribution >= 0.6 is 0 Å². The third kappa shape index (κ3) is 2.71. The Balaban J connectivity index is 1.66. The molecule has 0 bridgehead atoms. The number of hydrogen-bond donors (Lipinski definition) is 2. The number of amides is 1. The monoisotopic (exact) mass is 340 g/mol. The molecule has 2 aromatic heterocycles. The van der Waals surface area contributed by atoms with Crippen LogP contribution in [0.3, 0.4) is 0 Å². The number of rotatable bonds is 2. The lowest BCUT2D eigenvalue weighted by atomic mass is 9.96. The number of nitrogens with one attached hydrogen (secondary N) is 2. The van der Waals surface area contributed by atoms with E-state index in [1.807, 2.05) is 0 Å². The number of likely N-dealkylation sites (tertiary alicyclic amines) is 1. The van der Waals surface area contributed by atoms with Crippen LogP contribution in [0.25, 0.3) is 10.9 Å². The van der Waals surface area contributed by atoms with Crippen molar-refractivity contribution >= 4 is 16.8 Å². The minimum Gasteiger partial charge on any atom is -0.358 e. The molecular formula is C18H17FN4O2. The molecule has 1 fully saturated rings. The number of aromatic amines is 2. The third-order valence-electron chi connectivity index (χ3n) is 4.71. The van der Waals surface area contributed by atoms with E-state index in [2.05, 4.69) is 15.0 Å². The number of piperidine rings is 1. The summed E-state index contributed by atoms with van der Waals surface area (Å²) in [5.74, 6) is 0.143. The summed E-state index contributed by atoms with van der Waals surface area (Å²) in [7, 11) is 0. The maximum absolute atomic E-state index is 13.8. The van der Waals surface area contributed by atoms with E-state index in [4.69, 9.17) is 0 Å². The second-order valence-corrected chi connectivity index (χ2v) is 6.26. The summed E-state index contributed by atoms with van der Waals surface area (Å²) in [5.41, 5.74) is -0.285. The van der Waals surface area contributed by atoms with Crippen LogP contribution < -0.4 is 5.43 Å². The van der Waals surface area contributed by atoms with E-state index in [1.54, 1.807) is 17.3 Å². The number of nitrogens with zero attached hydrogens (tertiary/aromatic N) is 2. The third-order valence-corrected chi connectivity index (χ3v) is 4.71. The van der Waals surface area contributed by atoms with Gasteiger partial charge in [0.05, 0.1) is 5.52 Å². The first-order valence-electron chi connectivity index (χ1n) is 8.23. The summed E-state index contributed by atoms with van der Waals surface area (Å²) in [6.45, 7) is 1.10. The molecule has 1 aliphatic heterocycles. The molecule has 128 valence electrons. The number of carbonyl (C=O) groups is 1. The highest BCUT2D eigenvalue weighted by molar-refractivity contribution is 5.97. The summed E-state index contributed by atoms with van der Waals surface area (Å²) >= 11 is 0. The average molecular weight is 340 g/mol. The molecule has 7 heteroatoms. The number of fused-ring (bicyclic) bond motifs is 1. The number of pyridine rings is 1. The topological polar surface area (TPSA) is 81.8 Å². The fourth-order valence-electron chi connectivity index (χ4n) is 3.43. The molecule has 0 radical (unpaired) electrons. The predicted octanol–water partition coefficient (Wildman–Crippen LogP) is 2.41. The van der Waals surface area contributed by atoms with Crippen LogP contribution in [-0.4, -0.2) is 38.8 Å². The highest BCUT2D eigenvalue weighted by Gasteiger charge is 2.28. The zero-order valence-corrected chi connectivity index (χ0v) is 13.5. The molecule has 25 heavy (non-hydrogen) atoms. The lowest BCUT2D eigenvalue weighted by Crippen LogP contribution is -2.41. The summed E-state index contributed by atoms with van der Waals surface area (Å²) < 4.78 is 13.8. The van der Waals surface area contributed by atoms with E-state index in [-0.39, 0.29) is 28.3 Å². The Hall–Kier alpha value is -2.96. The number of benzene rings is 1. The molecular weight excluding hydrogens is 323 g/mol. The summed E-state index contributed by atoms with van der Waals surface area (Å²) in [6, 6.07) is 4.27. The number of aromatic nitrogens is 3. The van der Waals surface area contributed by atoms with E-state index in [1.165, 1.54) is 24.4 Å². The van der Waals surface area contributed by atoms with Crippen LogP contribution in [0.2, 0.25) is 0 Å². The molecule has 2 N–H and O–H groups in total. The first kappa shape index (κ1) is 15.6. The SMILES string of the molecule is O=C(c1c[nH]c2c(F)cccc2c1=O)N1CCCC(c2ncc[nH]2)C1. The Morgan fingerprint density at radius 3 is 3.00 bits per heavy atom. The normalized spacial score (nSPS) is 17.8. The molecule has 3 aromatic rings. The minimum absolute atomic E-state index is 0.0400. The standard InChI is InChI=1S/C18H17FN4O2/c19-14-5-1-4-12-15(14)22-9-13(16(12)24)18(25)23-8-2-3-11(10-23)17-20-6-7-21-17/h1,4-7,9,11H,2-3,8,10H2,(H,20,21)(H,22,24). The van der Waals surface area contributed by atoms with Crippen molar-refractivity contribution in [3.05, 3.63) is 64.2 Å². The largest absolute Gasteiger partial charge is 0.358 e. The Kier molecular flexibility index (Phi) is 3.83. The zero-order chi connectivity index (χ0) is 17.4. The molecule has 6 nitrogen and oxygen atoms in total. The first-order valence-corrected chi connectivity index (χ1v) is 8.23. The maximum Gasteiger partial charge on any atom is 0.259 e. The fourth-order valence-corrected chi connectivity index (χ4v) is 3.43. The van der Waals surface area contributed by atoms with Gasteiger partial charge in [-0.15, -0.1) is 0 Å². The molecule has 0 spiro atoms. The van der Waals surface area contributed by atoms with Gasteiger partial charge in [0.1, 0.15) is 17.2 Å². The lowest BCUT2D eigenvalue weighted by molar-refractivity contribution is 0.0703. The smallest absolute Gasteiger partial charge is 0.259 e. The van der Waals surface area contributed by atoms with E-state index >= 15 is 0 Å². The van der Waals surface area contributed by atoms with Crippen LogP contribution in [0.1, 0.15) is 34.9 Å². The van der Waals surface area contributed by atoms with Gasteiger partial charge in [-0.3, -0.25) is 9.59 Å². The second kappa shape index (κ2) is 6.16. The summed E-state index contributed by atoms with van der Waals surface area (Å²) in [4.78, 5) is 37.2. The van der Waals surface area contributed by atoms with Crippen LogP contribution in [0.5, 0.6) is 0 Å². The van der Waals surface area contributed by atoms with Crippen molar-refractivity contribution in [3.8, 4) is 0 Å². The molecule has 1 amide bonds. The fraction of sp³-hybridized carbons (Fsp3) is 0.278. The second-order valence-electron chi connectivity index (χ2n) is 6.26. The molecule has 1 aliphatic rings. The van der Waals surface area contributed by atoms with Crippen molar-refractivity contribution in [1.29, 1.82) is 0 Å². The molecule has 1 saturated heterocycles. The molecule has 0 aliphatic carbocycles. The quantitative estimate of drug-likeness (QED) is 0.752. The highest BCUT2D eigenvalue weighted by atomic mass is 19.1. The van der Waals surface area contributed by atoms with Crippen LogP contribution in [0.15, 0.2) is 41.6 Å². The van der Waals surface area contributed by atoms with E-state index in [0.717, 1.165) is 18.7 Å². The molecule has 0 saturated carbocycles. The van der Waals surface area contributed by atoms with Gasteiger partial charge < -0.3 is 14.9 Å². The van der Waals surface area contributed by atoms with Gasteiger partial charge in [0.25, 0.3) is 5.91 Å². The number of carbonyl (C=O) groups excluding carboxylic acids is 1. The average Bonchev–Trinajstić information content (AvgIpc) is 3.17. The molecule has 3 heterocycles. The molecule has 4 rings (SSSR count). The number of halogens is 1. The molecule has 1 unspecified atom stereocenters. The number of imidazole rings is 1. The van der Waals surface area contributed by atoms with Gasteiger partial charge in [-0.1, -0.05) is 6.07 Å². The van der Waals surface area contributed by atoms with Gasteiger partial charge in [0.2, 0.25) is 5.43 Å². The van der Waals surface area contributed by atoms with Crippen molar-refractivity contribution in [3.63, 3.8) is 0 Å². The molecule has 1 atom stereocenters. The van der Waals surface area contributed by atoms with Crippen LogP contribution in [0.4, 0.5) is 4.39 Å². The zero-order valence-electron chi connectivity index (χ0n) is 13.5. The van der Waals surface area contributed by atoms with Gasteiger partial charge in [0, 0.05) is 43.0 Å². The van der Waals surface area contributed by atoms with Gasteiger partial charge in [-0.05, 0) is 25.0 Å². The number of para-hydroxylation sites is 1. The number of hydrogen-bond acceptors (Lipinski definition) is 3. The van der Waals surface area contributed by atoms with E-state index < -0.39 is 11.2 Å². The Morgan fingerprint density at radius 1 is 1.32 bits per heavy atom.